The molecule has 0 aromatic rings. The first kappa shape index (κ1) is 14.7. The Morgan fingerprint density at radius 2 is 2.11 bits per heavy atom. The van der Waals surface area contributed by atoms with Crippen LogP contribution < -0.4 is 10.6 Å². The molecule has 0 saturated carbocycles. The minimum Gasteiger partial charge on any atom is -0.376 e. The van der Waals surface area contributed by atoms with Crippen LogP contribution in [0.15, 0.2) is 0 Å². The Kier molecular flexibility index (Phi) is 5.87. The number of nitrogens with one attached hydrogen (secondary N) is 2. The third-order valence-corrected chi connectivity index (χ3v) is 2.56. The van der Waals surface area contributed by atoms with Crippen molar-refractivity contribution in [3.8, 4) is 0 Å². The van der Waals surface area contributed by atoms with Crippen molar-refractivity contribution in [2.75, 3.05) is 40.5 Å². The number of ether oxygens (including phenoxy) is 2. The van der Waals surface area contributed by atoms with Gasteiger partial charge < -0.3 is 25.0 Å². The van der Waals surface area contributed by atoms with Crippen molar-refractivity contribution in [1.29, 1.82) is 0 Å². The second-order valence-corrected chi connectivity index (χ2v) is 4.26. The Hall–Kier alpha value is -1.34. The van der Waals surface area contributed by atoms with Gasteiger partial charge in [-0.2, -0.15) is 0 Å². The van der Waals surface area contributed by atoms with Crippen LogP contribution in [0.25, 0.3) is 0 Å². The lowest BCUT2D eigenvalue weighted by Crippen LogP contribution is -2.48. The van der Waals surface area contributed by atoms with E-state index in [2.05, 4.69) is 10.6 Å². The molecule has 7 nitrogen and oxygen atoms in total. The van der Waals surface area contributed by atoms with Gasteiger partial charge in [0, 0.05) is 20.7 Å². The second kappa shape index (κ2) is 7.17. The Bertz CT molecular complexity index is 296. The molecule has 3 amide bonds. The molecule has 18 heavy (non-hydrogen) atoms. The molecular formula is C11H21N3O4. The first-order valence-corrected chi connectivity index (χ1v) is 5.98. The van der Waals surface area contributed by atoms with Gasteiger partial charge >= 0.3 is 6.03 Å². The van der Waals surface area contributed by atoms with Crippen LogP contribution in [0.4, 0.5) is 4.79 Å². The first-order valence-electron chi connectivity index (χ1n) is 5.98. The van der Waals surface area contributed by atoms with E-state index in [0.717, 1.165) is 0 Å². The van der Waals surface area contributed by atoms with Crippen LogP contribution >= 0.6 is 0 Å². The highest BCUT2D eigenvalue weighted by atomic mass is 16.5. The van der Waals surface area contributed by atoms with Gasteiger partial charge in [0.15, 0.2) is 0 Å². The Morgan fingerprint density at radius 1 is 1.39 bits per heavy atom. The fraction of sp³-hybridized carbons (Fsp3) is 0.818. The summed E-state index contributed by atoms with van der Waals surface area (Å²) < 4.78 is 10.7. The average molecular weight is 259 g/mol. The number of rotatable bonds is 5. The highest BCUT2D eigenvalue weighted by molar-refractivity contribution is 5.83. The maximum Gasteiger partial charge on any atom is 0.317 e. The van der Waals surface area contributed by atoms with Gasteiger partial charge in [0.1, 0.15) is 6.10 Å². The predicted octanol–water partition coefficient (Wildman–Crippen LogP) is -0.822. The molecule has 1 fully saturated rings. The maximum atomic E-state index is 11.6. The number of amides is 3. The van der Waals surface area contributed by atoms with Gasteiger partial charge in [0.2, 0.25) is 5.91 Å². The molecule has 2 atom stereocenters. The minimum absolute atomic E-state index is 0.0492. The number of carbonyl (C=O) groups excluding carboxylic acids is 2. The number of hydrogen-bond donors (Lipinski definition) is 2. The van der Waals surface area contributed by atoms with E-state index in [9.17, 15) is 9.59 Å². The number of carbonyl (C=O) groups is 2. The van der Waals surface area contributed by atoms with E-state index in [1.165, 1.54) is 4.90 Å². The molecule has 0 aromatic heterocycles. The van der Waals surface area contributed by atoms with Crippen molar-refractivity contribution in [3.63, 3.8) is 0 Å². The summed E-state index contributed by atoms with van der Waals surface area (Å²) in [4.78, 5) is 24.2. The van der Waals surface area contributed by atoms with E-state index in [1.807, 2.05) is 6.92 Å². The van der Waals surface area contributed by atoms with E-state index in [-0.39, 0.29) is 30.6 Å². The van der Waals surface area contributed by atoms with E-state index >= 15 is 0 Å². The monoisotopic (exact) mass is 259 g/mol. The summed E-state index contributed by atoms with van der Waals surface area (Å²) in [5.74, 6) is -0.245. The zero-order chi connectivity index (χ0) is 13.5. The van der Waals surface area contributed by atoms with Crippen LogP contribution in [0, 0.1) is 0 Å². The Balaban J connectivity index is 2.29. The minimum atomic E-state index is -0.297. The largest absolute Gasteiger partial charge is 0.376 e. The molecule has 104 valence electrons. The standard InChI is InChI=1S/C11H21N3O4/c1-4-18-9-7-17-6-8(9)13-10(15)5-12-11(16)14(2)3/h8-9H,4-7H2,1-3H3,(H,12,16)(H,13,15)/t8-,9-/m0/s1. The summed E-state index contributed by atoms with van der Waals surface area (Å²) in [5, 5.41) is 5.28. The number of urea groups is 1. The fourth-order valence-corrected chi connectivity index (χ4v) is 1.62. The lowest BCUT2D eigenvalue weighted by Gasteiger charge is -2.19. The van der Waals surface area contributed by atoms with Crippen LogP contribution in [-0.2, 0) is 14.3 Å². The van der Waals surface area contributed by atoms with Gasteiger partial charge in [-0.25, -0.2) is 4.79 Å². The van der Waals surface area contributed by atoms with Gasteiger partial charge in [0.25, 0.3) is 0 Å². The van der Waals surface area contributed by atoms with Crippen molar-refractivity contribution in [2.45, 2.75) is 19.1 Å². The molecule has 0 bridgehead atoms. The summed E-state index contributed by atoms with van der Waals surface area (Å²) in [6.07, 6.45) is -0.108. The van der Waals surface area contributed by atoms with E-state index < -0.39 is 0 Å². The molecule has 7 heteroatoms. The highest BCUT2D eigenvalue weighted by Gasteiger charge is 2.29. The van der Waals surface area contributed by atoms with Gasteiger partial charge in [-0.3, -0.25) is 4.79 Å². The van der Waals surface area contributed by atoms with E-state index in [1.54, 1.807) is 14.1 Å². The summed E-state index contributed by atoms with van der Waals surface area (Å²) in [5.41, 5.74) is 0. The fourth-order valence-electron chi connectivity index (χ4n) is 1.62. The normalized spacial score (nSPS) is 22.6. The van der Waals surface area contributed by atoms with Crippen molar-refractivity contribution in [1.82, 2.24) is 15.5 Å². The predicted molar refractivity (Wildman–Crippen MR) is 65.2 cm³/mol. The molecule has 2 N–H and O–H groups in total. The molecule has 1 aliphatic heterocycles. The lowest BCUT2D eigenvalue weighted by atomic mass is 10.2. The van der Waals surface area contributed by atoms with Gasteiger partial charge in [-0.05, 0) is 6.92 Å². The summed E-state index contributed by atoms with van der Waals surface area (Å²) in [7, 11) is 3.23. The van der Waals surface area contributed by atoms with Gasteiger partial charge in [-0.15, -0.1) is 0 Å². The number of hydrogen-bond acceptors (Lipinski definition) is 4. The highest BCUT2D eigenvalue weighted by Crippen LogP contribution is 2.09. The smallest absolute Gasteiger partial charge is 0.317 e. The maximum absolute atomic E-state index is 11.6. The molecule has 0 spiro atoms. The summed E-state index contributed by atoms with van der Waals surface area (Å²) in [6.45, 7) is 3.36. The van der Waals surface area contributed by atoms with Crippen LogP contribution in [-0.4, -0.2) is 69.4 Å². The molecule has 1 heterocycles. The molecule has 0 aromatic carbocycles. The topological polar surface area (TPSA) is 79.9 Å². The Labute approximate surface area is 107 Å². The molecule has 0 unspecified atom stereocenters. The molecule has 0 aliphatic carbocycles. The van der Waals surface area contributed by atoms with Gasteiger partial charge in [0.05, 0.1) is 25.8 Å². The quantitative estimate of drug-likeness (QED) is 0.676. The summed E-state index contributed by atoms with van der Waals surface area (Å²) >= 11 is 0. The van der Waals surface area contributed by atoms with E-state index in [4.69, 9.17) is 9.47 Å². The lowest BCUT2D eigenvalue weighted by molar-refractivity contribution is -0.121. The molecule has 1 aliphatic rings. The van der Waals surface area contributed by atoms with Crippen molar-refractivity contribution in [2.24, 2.45) is 0 Å². The molecule has 1 saturated heterocycles. The molecule has 0 radical (unpaired) electrons. The van der Waals surface area contributed by atoms with Crippen LogP contribution in [0.2, 0.25) is 0 Å². The molecular weight excluding hydrogens is 238 g/mol. The van der Waals surface area contributed by atoms with Crippen molar-refractivity contribution >= 4 is 11.9 Å². The van der Waals surface area contributed by atoms with Crippen LogP contribution in [0.5, 0.6) is 0 Å². The Morgan fingerprint density at radius 3 is 2.72 bits per heavy atom. The second-order valence-electron chi connectivity index (χ2n) is 4.26. The molecule has 1 rings (SSSR count). The SMILES string of the molecule is CCO[C@H]1COC[C@@H]1NC(=O)CNC(=O)N(C)C. The van der Waals surface area contributed by atoms with Gasteiger partial charge in [-0.1, -0.05) is 0 Å². The first-order chi connectivity index (χ1) is 8.54. The zero-order valence-corrected chi connectivity index (χ0v) is 11.1. The third-order valence-electron chi connectivity index (χ3n) is 2.56. The summed E-state index contributed by atoms with van der Waals surface area (Å²) in [6, 6.07) is -0.442. The number of nitrogens with zero attached hydrogens (tertiary/aromatic N) is 1. The van der Waals surface area contributed by atoms with E-state index in [0.29, 0.717) is 19.8 Å². The van der Waals surface area contributed by atoms with Crippen molar-refractivity contribution < 1.29 is 19.1 Å². The van der Waals surface area contributed by atoms with Crippen LogP contribution in [0.1, 0.15) is 6.92 Å². The zero-order valence-electron chi connectivity index (χ0n) is 11.1. The van der Waals surface area contributed by atoms with Crippen molar-refractivity contribution in [3.05, 3.63) is 0 Å². The third kappa shape index (κ3) is 4.50. The average Bonchev–Trinajstić information content (AvgIpc) is 2.74. The van der Waals surface area contributed by atoms with Crippen LogP contribution in [0.3, 0.4) is 0 Å².